The summed E-state index contributed by atoms with van der Waals surface area (Å²) in [5.41, 5.74) is 6.53. The SMILES string of the molecule is NC(=S)c1ccc(NCC2CCSCC2)cc1F. The summed E-state index contributed by atoms with van der Waals surface area (Å²) in [6, 6.07) is 4.93. The average Bonchev–Trinajstić information content (AvgIpc) is 2.37. The Morgan fingerprint density at radius 2 is 2.17 bits per heavy atom. The van der Waals surface area contributed by atoms with Crippen LogP contribution < -0.4 is 11.1 Å². The zero-order chi connectivity index (χ0) is 13.0. The van der Waals surface area contributed by atoms with E-state index in [9.17, 15) is 4.39 Å². The number of benzene rings is 1. The second-order valence-corrected chi connectivity index (χ2v) is 6.16. The van der Waals surface area contributed by atoms with E-state index in [1.165, 1.54) is 30.4 Å². The van der Waals surface area contributed by atoms with Crippen molar-refractivity contribution >= 4 is 34.7 Å². The summed E-state index contributed by atoms with van der Waals surface area (Å²) in [6.45, 7) is 0.909. The zero-order valence-corrected chi connectivity index (χ0v) is 11.7. The zero-order valence-electron chi connectivity index (χ0n) is 10.1. The normalized spacial score (nSPS) is 16.5. The summed E-state index contributed by atoms with van der Waals surface area (Å²) in [7, 11) is 0. The third kappa shape index (κ3) is 3.59. The highest BCUT2D eigenvalue weighted by Crippen LogP contribution is 2.23. The molecule has 0 aliphatic carbocycles. The molecular weight excluding hydrogens is 267 g/mol. The molecule has 1 saturated heterocycles. The van der Waals surface area contributed by atoms with Crippen molar-refractivity contribution in [2.45, 2.75) is 12.8 Å². The van der Waals surface area contributed by atoms with Crippen molar-refractivity contribution in [3.8, 4) is 0 Å². The lowest BCUT2D eigenvalue weighted by molar-refractivity contribution is 0.516. The first-order valence-corrected chi connectivity index (χ1v) is 7.64. The lowest BCUT2D eigenvalue weighted by Crippen LogP contribution is -2.19. The van der Waals surface area contributed by atoms with Gasteiger partial charge in [-0.25, -0.2) is 4.39 Å². The molecule has 3 N–H and O–H groups in total. The summed E-state index contributed by atoms with van der Waals surface area (Å²) in [4.78, 5) is 0.100. The molecule has 0 saturated carbocycles. The first-order chi connectivity index (χ1) is 8.66. The maximum Gasteiger partial charge on any atom is 0.135 e. The quantitative estimate of drug-likeness (QED) is 0.834. The Balaban J connectivity index is 1.93. The van der Waals surface area contributed by atoms with E-state index in [-0.39, 0.29) is 10.8 Å². The predicted octanol–water partition coefficient (Wildman–Crippen LogP) is 3.02. The van der Waals surface area contributed by atoms with Gasteiger partial charge in [-0.15, -0.1) is 0 Å². The molecule has 2 nitrogen and oxygen atoms in total. The van der Waals surface area contributed by atoms with E-state index < -0.39 is 0 Å². The van der Waals surface area contributed by atoms with Crippen LogP contribution in [0.3, 0.4) is 0 Å². The lowest BCUT2D eigenvalue weighted by atomic mass is 10.0. The van der Waals surface area contributed by atoms with Gasteiger partial charge in [-0.2, -0.15) is 11.8 Å². The molecule has 5 heteroatoms. The van der Waals surface area contributed by atoms with Crippen LogP contribution >= 0.6 is 24.0 Å². The monoisotopic (exact) mass is 284 g/mol. The van der Waals surface area contributed by atoms with Crippen molar-refractivity contribution in [2.75, 3.05) is 23.4 Å². The molecule has 98 valence electrons. The summed E-state index contributed by atoms with van der Waals surface area (Å²) in [5.74, 6) is 2.82. The third-order valence-electron chi connectivity index (χ3n) is 3.17. The fourth-order valence-electron chi connectivity index (χ4n) is 2.04. The predicted molar refractivity (Wildman–Crippen MR) is 80.8 cm³/mol. The number of rotatable bonds is 4. The highest BCUT2D eigenvalue weighted by molar-refractivity contribution is 7.99. The number of nitrogens with one attached hydrogen (secondary N) is 1. The Morgan fingerprint density at radius 1 is 1.44 bits per heavy atom. The summed E-state index contributed by atoms with van der Waals surface area (Å²) in [5, 5.41) is 3.29. The van der Waals surface area contributed by atoms with E-state index in [4.69, 9.17) is 18.0 Å². The minimum atomic E-state index is -0.355. The number of thioether (sulfide) groups is 1. The van der Waals surface area contributed by atoms with Gasteiger partial charge in [0.05, 0.1) is 0 Å². The molecule has 1 fully saturated rings. The van der Waals surface area contributed by atoms with Gasteiger partial charge in [0.25, 0.3) is 0 Å². The minimum Gasteiger partial charge on any atom is -0.389 e. The van der Waals surface area contributed by atoms with Gasteiger partial charge in [0.15, 0.2) is 0 Å². The molecule has 0 aromatic heterocycles. The van der Waals surface area contributed by atoms with Gasteiger partial charge in [-0.05, 0) is 48.5 Å². The van der Waals surface area contributed by atoms with Gasteiger partial charge in [-0.3, -0.25) is 0 Å². The topological polar surface area (TPSA) is 38.0 Å². The Bertz CT molecular complexity index is 431. The molecule has 1 aromatic carbocycles. The van der Waals surface area contributed by atoms with E-state index in [1.54, 1.807) is 6.07 Å². The molecule has 0 amide bonds. The summed E-state index contributed by atoms with van der Waals surface area (Å²) < 4.78 is 13.7. The van der Waals surface area contributed by atoms with Crippen molar-refractivity contribution in [2.24, 2.45) is 11.7 Å². The van der Waals surface area contributed by atoms with Crippen LogP contribution in [0.1, 0.15) is 18.4 Å². The number of halogens is 1. The van der Waals surface area contributed by atoms with Crippen molar-refractivity contribution in [3.05, 3.63) is 29.6 Å². The second-order valence-electron chi connectivity index (χ2n) is 4.50. The number of nitrogens with two attached hydrogens (primary N) is 1. The molecule has 1 aliphatic rings. The van der Waals surface area contributed by atoms with Crippen LogP contribution in [-0.4, -0.2) is 23.0 Å². The van der Waals surface area contributed by atoms with Gasteiger partial charge in [0.1, 0.15) is 10.8 Å². The molecular formula is C13H17FN2S2. The van der Waals surface area contributed by atoms with E-state index in [1.807, 2.05) is 17.8 Å². The van der Waals surface area contributed by atoms with Crippen molar-refractivity contribution in [1.82, 2.24) is 0 Å². The van der Waals surface area contributed by atoms with Crippen LogP contribution in [0, 0.1) is 11.7 Å². The molecule has 1 aromatic rings. The number of hydrogen-bond donors (Lipinski definition) is 2. The smallest absolute Gasteiger partial charge is 0.135 e. The maximum absolute atomic E-state index is 13.7. The van der Waals surface area contributed by atoms with Crippen LogP contribution in [0.15, 0.2) is 18.2 Å². The summed E-state index contributed by atoms with van der Waals surface area (Å²) >= 11 is 6.79. The van der Waals surface area contributed by atoms with Crippen molar-refractivity contribution < 1.29 is 4.39 Å². The van der Waals surface area contributed by atoms with Crippen LogP contribution in [0.4, 0.5) is 10.1 Å². The molecule has 1 aliphatic heterocycles. The van der Waals surface area contributed by atoms with Gasteiger partial charge < -0.3 is 11.1 Å². The fraction of sp³-hybridized carbons (Fsp3) is 0.462. The number of thiocarbonyl (C=S) groups is 1. The largest absolute Gasteiger partial charge is 0.389 e. The van der Waals surface area contributed by atoms with Crippen LogP contribution in [0.25, 0.3) is 0 Å². The van der Waals surface area contributed by atoms with E-state index >= 15 is 0 Å². The Morgan fingerprint density at radius 3 is 2.78 bits per heavy atom. The van der Waals surface area contributed by atoms with Crippen molar-refractivity contribution in [3.63, 3.8) is 0 Å². The lowest BCUT2D eigenvalue weighted by Gasteiger charge is -2.22. The second kappa shape index (κ2) is 6.38. The van der Waals surface area contributed by atoms with E-state index in [0.29, 0.717) is 11.5 Å². The standard InChI is InChI=1S/C13H17FN2S2/c14-12-7-10(1-2-11(12)13(15)17)16-8-9-3-5-18-6-4-9/h1-2,7,9,16H,3-6,8H2,(H2,15,17). The first kappa shape index (κ1) is 13.6. The molecule has 0 bridgehead atoms. The molecule has 0 unspecified atom stereocenters. The van der Waals surface area contributed by atoms with E-state index in [2.05, 4.69) is 5.32 Å². The molecule has 2 rings (SSSR count). The molecule has 18 heavy (non-hydrogen) atoms. The first-order valence-electron chi connectivity index (χ1n) is 6.08. The highest BCUT2D eigenvalue weighted by Gasteiger charge is 2.13. The van der Waals surface area contributed by atoms with E-state index in [0.717, 1.165) is 12.2 Å². The summed E-state index contributed by atoms with van der Waals surface area (Å²) in [6.07, 6.45) is 2.48. The van der Waals surface area contributed by atoms with Gasteiger partial charge in [0, 0.05) is 17.8 Å². The minimum absolute atomic E-state index is 0.100. The molecule has 0 spiro atoms. The Hall–Kier alpha value is -0.810. The van der Waals surface area contributed by atoms with Crippen molar-refractivity contribution in [1.29, 1.82) is 0 Å². The maximum atomic E-state index is 13.7. The van der Waals surface area contributed by atoms with Crippen LogP contribution in [0.2, 0.25) is 0 Å². The Labute approximate surface area is 117 Å². The fourth-order valence-corrected chi connectivity index (χ4v) is 3.41. The third-order valence-corrected chi connectivity index (χ3v) is 4.44. The van der Waals surface area contributed by atoms with Crippen LogP contribution in [0.5, 0.6) is 0 Å². The van der Waals surface area contributed by atoms with Crippen LogP contribution in [-0.2, 0) is 0 Å². The highest BCUT2D eigenvalue weighted by atomic mass is 32.2. The number of anilines is 1. The Kier molecular flexibility index (Phi) is 4.83. The average molecular weight is 284 g/mol. The number of hydrogen-bond acceptors (Lipinski definition) is 3. The molecule has 0 radical (unpaired) electrons. The van der Waals surface area contributed by atoms with Gasteiger partial charge in [0.2, 0.25) is 0 Å². The molecule has 1 heterocycles. The molecule has 0 atom stereocenters. The van der Waals surface area contributed by atoms with Gasteiger partial charge >= 0.3 is 0 Å². The van der Waals surface area contributed by atoms with Gasteiger partial charge in [-0.1, -0.05) is 12.2 Å².